The van der Waals surface area contributed by atoms with Gasteiger partial charge in [0.2, 0.25) is 0 Å². The maximum Gasteiger partial charge on any atom is 0.191 e. The van der Waals surface area contributed by atoms with E-state index in [4.69, 9.17) is 9.47 Å². The first kappa shape index (κ1) is 12.1. The number of benzene rings is 1. The molecular formula is C14H19N3O2. The minimum Gasteiger partial charge on any atom is -0.490 e. The van der Waals surface area contributed by atoms with Crippen molar-refractivity contribution in [3.63, 3.8) is 0 Å². The highest BCUT2D eigenvalue weighted by atomic mass is 16.5. The fraction of sp³-hybridized carbons (Fsp3) is 0.500. The van der Waals surface area contributed by atoms with Crippen molar-refractivity contribution in [3.8, 4) is 11.5 Å². The summed E-state index contributed by atoms with van der Waals surface area (Å²) in [5.74, 6) is 2.57. The summed E-state index contributed by atoms with van der Waals surface area (Å²) < 4.78 is 11.3. The molecule has 5 heteroatoms. The lowest BCUT2D eigenvalue weighted by Gasteiger charge is -2.16. The zero-order valence-corrected chi connectivity index (χ0v) is 10.9. The van der Waals surface area contributed by atoms with E-state index in [1.807, 2.05) is 12.1 Å². The zero-order chi connectivity index (χ0) is 12.9. The molecule has 1 aromatic carbocycles. The van der Waals surface area contributed by atoms with Crippen LogP contribution in [0.15, 0.2) is 23.2 Å². The Morgan fingerprint density at radius 2 is 2.05 bits per heavy atom. The molecule has 0 fully saturated rings. The Hall–Kier alpha value is -1.91. The molecule has 2 heterocycles. The predicted molar refractivity (Wildman–Crippen MR) is 73.8 cm³/mol. The van der Waals surface area contributed by atoms with Crippen molar-refractivity contribution in [2.75, 3.05) is 26.3 Å². The molecule has 1 aromatic rings. The first-order chi connectivity index (χ1) is 9.42. The standard InChI is InChI=1S/C14H19N3O2/c1-5-15-14(16-6-1)17-10-11-3-4-12-13(9-11)19-8-2-7-18-12/h3-4,9H,1-2,5-8,10H2,(H2,15,16,17). The molecule has 0 atom stereocenters. The zero-order valence-electron chi connectivity index (χ0n) is 10.9. The third-order valence-electron chi connectivity index (χ3n) is 3.17. The van der Waals surface area contributed by atoms with Gasteiger partial charge in [0.15, 0.2) is 17.5 Å². The minimum absolute atomic E-state index is 0.720. The van der Waals surface area contributed by atoms with Crippen LogP contribution >= 0.6 is 0 Å². The van der Waals surface area contributed by atoms with Gasteiger partial charge in [0.25, 0.3) is 0 Å². The summed E-state index contributed by atoms with van der Waals surface area (Å²) in [5.41, 5.74) is 1.17. The fourth-order valence-corrected chi connectivity index (χ4v) is 2.15. The summed E-state index contributed by atoms with van der Waals surface area (Å²) in [6.45, 7) is 4.08. The maximum atomic E-state index is 5.68. The van der Waals surface area contributed by atoms with Gasteiger partial charge in [-0.1, -0.05) is 6.07 Å². The van der Waals surface area contributed by atoms with Crippen LogP contribution in [0.5, 0.6) is 11.5 Å². The van der Waals surface area contributed by atoms with E-state index in [-0.39, 0.29) is 0 Å². The maximum absolute atomic E-state index is 5.68. The molecule has 0 aromatic heterocycles. The number of hydrogen-bond donors (Lipinski definition) is 2. The molecule has 2 N–H and O–H groups in total. The van der Waals surface area contributed by atoms with Crippen LogP contribution in [-0.2, 0) is 6.54 Å². The van der Waals surface area contributed by atoms with Crippen molar-refractivity contribution < 1.29 is 9.47 Å². The number of ether oxygens (including phenoxy) is 2. The van der Waals surface area contributed by atoms with E-state index in [9.17, 15) is 0 Å². The van der Waals surface area contributed by atoms with Gasteiger partial charge in [0, 0.05) is 26.1 Å². The molecule has 19 heavy (non-hydrogen) atoms. The van der Waals surface area contributed by atoms with Crippen LogP contribution < -0.4 is 20.1 Å². The number of aliphatic imine (C=N–C) groups is 1. The van der Waals surface area contributed by atoms with Gasteiger partial charge < -0.3 is 20.1 Å². The smallest absolute Gasteiger partial charge is 0.191 e. The molecule has 5 nitrogen and oxygen atoms in total. The second-order valence-corrected chi connectivity index (χ2v) is 4.70. The van der Waals surface area contributed by atoms with Crippen molar-refractivity contribution in [1.82, 2.24) is 10.6 Å². The Morgan fingerprint density at radius 1 is 1.16 bits per heavy atom. The number of nitrogens with zero attached hydrogens (tertiary/aromatic N) is 1. The Labute approximate surface area is 113 Å². The van der Waals surface area contributed by atoms with E-state index in [1.54, 1.807) is 0 Å². The van der Waals surface area contributed by atoms with Crippen LogP contribution in [0.4, 0.5) is 0 Å². The second-order valence-electron chi connectivity index (χ2n) is 4.70. The van der Waals surface area contributed by atoms with Crippen LogP contribution in [0.3, 0.4) is 0 Å². The molecular weight excluding hydrogens is 242 g/mol. The van der Waals surface area contributed by atoms with E-state index < -0.39 is 0 Å². The molecule has 0 amide bonds. The van der Waals surface area contributed by atoms with Gasteiger partial charge >= 0.3 is 0 Å². The van der Waals surface area contributed by atoms with E-state index in [0.29, 0.717) is 0 Å². The summed E-state index contributed by atoms with van der Waals surface area (Å²) in [6.07, 6.45) is 2.04. The largest absolute Gasteiger partial charge is 0.490 e. The average molecular weight is 261 g/mol. The molecule has 0 radical (unpaired) electrons. The first-order valence-electron chi connectivity index (χ1n) is 6.82. The average Bonchev–Trinajstić information content (AvgIpc) is 2.71. The van der Waals surface area contributed by atoms with E-state index >= 15 is 0 Å². The SMILES string of the molecule is c1cc2c(cc1CNC1=NCCCN1)OCCCO2. The van der Waals surface area contributed by atoms with Gasteiger partial charge in [-0.15, -0.1) is 0 Å². The van der Waals surface area contributed by atoms with Gasteiger partial charge in [-0.2, -0.15) is 0 Å². The van der Waals surface area contributed by atoms with Gasteiger partial charge in [-0.3, -0.25) is 4.99 Å². The Kier molecular flexibility index (Phi) is 3.72. The van der Waals surface area contributed by atoms with E-state index in [1.165, 1.54) is 5.56 Å². The Bertz CT molecular complexity index is 474. The van der Waals surface area contributed by atoms with Crippen molar-refractivity contribution >= 4 is 5.96 Å². The van der Waals surface area contributed by atoms with E-state index in [2.05, 4.69) is 21.7 Å². The van der Waals surface area contributed by atoms with Crippen LogP contribution in [0.2, 0.25) is 0 Å². The summed E-state index contributed by atoms with van der Waals surface area (Å²) in [7, 11) is 0. The second kappa shape index (κ2) is 5.82. The van der Waals surface area contributed by atoms with Gasteiger partial charge in [-0.25, -0.2) is 0 Å². The highest BCUT2D eigenvalue weighted by Gasteiger charge is 2.11. The molecule has 0 spiro atoms. The molecule has 0 aliphatic carbocycles. The number of rotatable bonds is 2. The Balaban J connectivity index is 1.64. The summed E-state index contributed by atoms with van der Waals surface area (Å²) in [5, 5.41) is 6.55. The number of guanidine groups is 1. The molecule has 0 saturated heterocycles. The summed E-state index contributed by atoms with van der Waals surface area (Å²) in [4.78, 5) is 4.39. The summed E-state index contributed by atoms with van der Waals surface area (Å²) in [6, 6.07) is 6.08. The number of nitrogens with one attached hydrogen (secondary N) is 2. The monoisotopic (exact) mass is 261 g/mol. The summed E-state index contributed by atoms with van der Waals surface area (Å²) >= 11 is 0. The highest BCUT2D eigenvalue weighted by Crippen LogP contribution is 2.30. The lowest BCUT2D eigenvalue weighted by Crippen LogP contribution is -2.40. The van der Waals surface area contributed by atoms with Crippen molar-refractivity contribution in [2.24, 2.45) is 4.99 Å². The molecule has 0 bridgehead atoms. The van der Waals surface area contributed by atoms with Gasteiger partial charge in [0.05, 0.1) is 13.2 Å². The van der Waals surface area contributed by atoms with Crippen LogP contribution in [0.1, 0.15) is 18.4 Å². The van der Waals surface area contributed by atoms with Gasteiger partial charge in [-0.05, 0) is 24.1 Å². The third-order valence-corrected chi connectivity index (χ3v) is 3.17. The van der Waals surface area contributed by atoms with Crippen molar-refractivity contribution in [2.45, 2.75) is 19.4 Å². The molecule has 0 unspecified atom stereocenters. The lowest BCUT2D eigenvalue weighted by atomic mass is 10.2. The minimum atomic E-state index is 0.720. The van der Waals surface area contributed by atoms with Crippen LogP contribution in [0.25, 0.3) is 0 Å². The fourth-order valence-electron chi connectivity index (χ4n) is 2.15. The molecule has 0 saturated carbocycles. The first-order valence-corrected chi connectivity index (χ1v) is 6.82. The van der Waals surface area contributed by atoms with Crippen molar-refractivity contribution in [1.29, 1.82) is 0 Å². The molecule has 102 valence electrons. The number of hydrogen-bond acceptors (Lipinski definition) is 5. The van der Waals surface area contributed by atoms with Crippen LogP contribution in [-0.4, -0.2) is 32.3 Å². The highest BCUT2D eigenvalue weighted by molar-refractivity contribution is 5.80. The predicted octanol–water partition coefficient (Wildman–Crippen LogP) is 1.29. The van der Waals surface area contributed by atoms with Gasteiger partial charge in [0.1, 0.15) is 0 Å². The topological polar surface area (TPSA) is 54.9 Å². The third kappa shape index (κ3) is 3.10. The molecule has 3 rings (SSSR count). The Morgan fingerprint density at radius 3 is 2.89 bits per heavy atom. The lowest BCUT2D eigenvalue weighted by molar-refractivity contribution is 0.297. The van der Waals surface area contributed by atoms with Crippen LogP contribution in [0, 0.1) is 0 Å². The molecule has 2 aliphatic rings. The molecule has 2 aliphatic heterocycles. The van der Waals surface area contributed by atoms with Crippen molar-refractivity contribution in [3.05, 3.63) is 23.8 Å². The normalized spacial score (nSPS) is 18.0. The number of fused-ring (bicyclic) bond motifs is 1. The quantitative estimate of drug-likeness (QED) is 0.842. The van der Waals surface area contributed by atoms with E-state index in [0.717, 1.165) is 63.1 Å².